The van der Waals surface area contributed by atoms with Gasteiger partial charge >= 0.3 is 0 Å². The number of carbonyl (C=O) groups excluding carboxylic acids is 1. The Morgan fingerprint density at radius 2 is 1.92 bits per heavy atom. The highest BCUT2D eigenvalue weighted by atomic mass is 32.1. The van der Waals surface area contributed by atoms with Gasteiger partial charge in [0, 0.05) is 36.1 Å². The molecule has 0 bridgehead atoms. The van der Waals surface area contributed by atoms with E-state index in [1.807, 2.05) is 46.3 Å². The van der Waals surface area contributed by atoms with Crippen molar-refractivity contribution in [1.82, 2.24) is 19.7 Å². The van der Waals surface area contributed by atoms with Crippen LogP contribution >= 0.6 is 11.3 Å². The molecule has 0 unspecified atom stereocenters. The third-order valence-corrected chi connectivity index (χ3v) is 4.96. The molecule has 130 valence electrons. The number of thiazole rings is 1. The standard InChI is InChI=1S/C20H18N4OS/c25-19(22-10-4-7-15-5-2-1-3-6-15)17-18(16-8-11-21-12-9-16)24-13-14-26-20(24)23-17/h1-3,5-6,8-9,11-14H,4,7,10H2,(H,22,25). The molecule has 0 radical (unpaired) electrons. The highest BCUT2D eigenvalue weighted by Crippen LogP contribution is 2.27. The quantitative estimate of drug-likeness (QED) is 0.531. The first kappa shape index (κ1) is 16.5. The Balaban J connectivity index is 1.49. The van der Waals surface area contributed by atoms with E-state index in [-0.39, 0.29) is 5.91 Å². The van der Waals surface area contributed by atoms with E-state index in [9.17, 15) is 4.79 Å². The second-order valence-corrected chi connectivity index (χ2v) is 6.82. The van der Waals surface area contributed by atoms with Crippen LogP contribution in [0.25, 0.3) is 16.2 Å². The van der Waals surface area contributed by atoms with Gasteiger partial charge in [-0.15, -0.1) is 11.3 Å². The van der Waals surface area contributed by atoms with E-state index >= 15 is 0 Å². The molecular weight excluding hydrogens is 344 g/mol. The maximum absolute atomic E-state index is 12.7. The first-order valence-corrected chi connectivity index (χ1v) is 9.39. The van der Waals surface area contributed by atoms with Gasteiger partial charge in [0.25, 0.3) is 5.91 Å². The lowest BCUT2D eigenvalue weighted by Gasteiger charge is -2.06. The lowest BCUT2D eigenvalue weighted by molar-refractivity contribution is 0.0949. The lowest BCUT2D eigenvalue weighted by atomic mass is 10.1. The molecule has 1 N–H and O–H groups in total. The number of imidazole rings is 1. The van der Waals surface area contributed by atoms with Crippen LogP contribution in [-0.2, 0) is 6.42 Å². The molecule has 0 spiro atoms. The molecular formula is C20H18N4OS. The van der Waals surface area contributed by atoms with Crippen LogP contribution in [0, 0.1) is 0 Å². The molecule has 0 aliphatic carbocycles. The van der Waals surface area contributed by atoms with Gasteiger partial charge in [0.1, 0.15) is 0 Å². The molecule has 0 fully saturated rings. The molecule has 0 aliphatic rings. The highest BCUT2D eigenvalue weighted by molar-refractivity contribution is 7.15. The summed E-state index contributed by atoms with van der Waals surface area (Å²) >= 11 is 1.52. The molecule has 6 heteroatoms. The van der Waals surface area contributed by atoms with Gasteiger partial charge in [-0.05, 0) is 30.5 Å². The van der Waals surface area contributed by atoms with Gasteiger partial charge < -0.3 is 5.32 Å². The minimum atomic E-state index is -0.138. The summed E-state index contributed by atoms with van der Waals surface area (Å²) in [4.78, 5) is 22.1. The number of hydrogen-bond acceptors (Lipinski definition) is 4. The molecule has 26 heavy (non-hydrogen) atoms. The molecule has 0 saturated carbocycles. The second-order valence-electron chi connectivity index (χ2n) is 5.95. The van der Waals surface area contributed by atoms with Crippen LogP contribution < -0.4 is 5.32 Å². The number of rotatable bonds is 6. The van der Waals surface area contributed by atoms with Crippen LogP contribution in [0.2, 0.25) is 0 Å². The van der Waals surface area contributed by atoms with Crippen molar-refractivity contribution < 1.29 is 4.79 Å². The second kappa shape index (κ2) is 7.49. The van der Waals surface area contributed by atoms with E-state index in [1.165, 1.54) is 16.9 Å². The summed E-state index contributed by atoms with van der Waals surface area (Å²) in [5.41, 5.74) is 3.48. The molecule has 3 aromatic heterocycles. The number of aromatic nitrogens is 3. The monoisotopic (exact) mass is 362 g/mol. The smallest absolute Gasteiger partial charge is 0.272 e. The fourth-order valence-electron chi connectivity index (χ4n) is 2.95. The number of nitrogens with one attached hydrogen (secondary N) is 1. The number of aryl methyl sites for hydroxylation is 1. The van der Waals surface area contributed by atoms with Gasteiger partial charge in [-0.1, -0.05) is 30.3 Å². The zero-order valence-electron chi connectivity index (χ0n) is 14.1. The summed E-state index contributed by atoms with van der Waals surface area (Å²) < 4.78 is 1.96. The van der Waals surface area contributed by atoms with Crippen molar-refractivity contribution >= 4 is 22.2 Å². The van der Waals surface area contributed by atoms with Gasteiger partial charge in [-0.2, -0.15) is 0 Å². The zero-order chi connectivity index (χ0) is 17.8. The molecule has 0 saturated heterocycles. The number of nitrogens with zero attached hydrogens (tertiary/aromatic N) is 3. The summed E-state index contributed by atoms with van der Waals surface area (Å²) in [6.45, 7) is 0.620. The Hall–Kier alpha value is -2.99. The summed E-state index contributed by atoms with van der Waals surface area (Å²) in [5, 5.41) is 4.97. The fraction of sp³-hybridized carbons (Fsp3) is 0.150. The van der Waals surface area contributed by atoms with Crippen LogP contribution in [0.4, 0.5) is 0 Å². The Morgan fingerprint density at radius 3 is 2.73 bits per heavy atom. The zero-order valence-corrected chi connectivity index (χ0v) is 14.9. The van der Waals surface area contributed by atoms with Crippen molar-refractivity contribution in [2.45, 2.75) is 12.8 Å². The predicted octanol–water partition coefficient (Wildman–Crippen LogP) is 3.82. The van der Waals surface area contributed by atoms with Gasteiger partial charge in [0.2, 0.25) is 0 Å². The molecule has 0 aliphatic heterocycles. The van der Waals surface area contributed by atoms with Crippen molar-refractivity contribution in [3.63, 3.8) is 0 Å². The van der Waals surface area contributed by atoms with Gasteiger partial charge in [-0.3, -0.25) is 14.2 Å². The van der Waals surface area contributed by atoms with Crippen LogP contribution in [-0.4, -0.2) is 26.8 Å². The Kier molecular flexibility index (Phi) is 4.75. The Bertz CT molecular complexity index is 1010. The molecule has 0 atom stereocenters. The normalized spacial score (nSPS) is 10.9. The van der Waals surface area contributed by atoms with Crippen LogP contribution in [0.15, 0.2) is 66.4 Å². The largest absolute Gasteiger partial charge is 0.351 e. The third-order valence-electron chi connectivity index (χ3n) is 4.20. The lowest BCUT2D eigenvalue weighted by Crippen LogP contribution is -2.25. The van der Waals surface area contributed by atoms with Crippen molar-refractivity contribution in [1.29, 1.82) is 0 Å². The van der Waals surface area contributed by atoms with Gasteiger partial charge in [-0.25, -0.2) is 4.98 Å². The fourth-order valence-corrected chi connectivity index (χ4v) is 3.67. The van der Waals surface area contributed by atoms with Gasteiger partial charge in [0.05, 0.1) is 5.69 Å². The van der Waals surface area contributed by atoms with Crippen molar-refractivity contribution in [3.05, 3.63) is 77.7 Å². The third kappa shape index (κ3) is 3.36. The summed E-state index contributed by atoms with van der Waals surface area (Å²) in [6.07, 6.45) is 7.22. The summed E-state index contributed by atoms with van der Waals surface area (Å²) in [7, 11) is 0. The Labute approximate surface area is 155 Å². The number of carbonyl (C=O) groups is 1. The molecule has 4 rings (SSSR count). The first-order chi connectivity index (χ1) is 12.8. The van der Waals surface area contributed by atoms with E-state index in [0.717, 1.165) is 29.1 Å². The molecule has 4 aromatic rings. The number of benzene rings is 1. The van der Waals surface area contributed by atoms with Crippen LogP contribution in [0.5, 0.6) is 0 Å². The average molecular weight is 362 g/mol. The van der Waals surface area contributed by atoms with E-state index in [4.69, 9.17) is 0 Å². The maximum Gasteiger partial charge on any atom is 0.272 e. The minimum absolute atomic E-state index is 0.138. The maximum atomic E-state index is 12.7. The number of amides is 1. The van der Waals surface area contributed by atoms with Crippen molar-refractivity contribution in [2.24, 2.45) is 0 Å². The Morgan fingerprint density at radius 1 is 1.12 bits per heavy atom. The van der Waals surface area contributed by atoms with Crippen molar-refractivity contribution in [2.75, 3.05) is 6.54 Å². The topological polar surface area (TPSA) is 59.3 Å². The van der Waals surface area contributed by atoms with Crippen LogP contribution in [0.3, 0.4) is 0 Å². The summed E-state index contributed by atoms with van der Waals surface area (Å²) in [6, 6.07) is 14.1. The average Bonchev–Trinajstić information content (AvgIpc) is 3.28. The van der Waals surface area contributed by atoms with E-state index in [0.29, 0.717) is 12.2 Å². The molecule has 1 aromatic carbocycles. The van der Waals surface area contributed by atoms with E-state index in [1.54, 1.807) is 12.4 Å². The number of hydrogen-bond donors (Lipinski definition) is 1. The number of pyridine rings is 1. The summed E-state index contributed by atoms with van der Waals surface area (Å²) in [5.74, 6) is -0.138. The van der Waals surface area contributed by atoms with E-state index in [2.05, 4.69) is 27.4 Å². The van der Waals surface area contributed by atoms with Gasteiger partial charge in [0.15, 0.2) is 10.7 Å². The molecule has 5 nitrogen and oxygen atoms in total. The minimum Gasteiger partial charge on any atom is -0.351 e. The predicted molar refractivity (Wildman–Crippen MR) is 103 cm³/mol. The van der Waals surface area contributed by atoms with Crippen LogP contribution in [0.1, 0.15) is 22.5 Å². The first-order valence-electron chi connectivity index (χ1n) is 8.51. The van der Waals surface area contributed by atoms with E-state index < -0.39 is 0 Å². The highest BCUT2D eigenvalue weighted by Gasteiger charge is 2.20. The molecule has 1 amide bonds. The molecule has 3 heterocycles. The van der Waals surface area contributed by atoms with Crippen molar-refractivity contribution in [3.8, 4) is 11.3 Å². The number of fused-ring (bicyclic) bond motifs is 1. The SMILES string of the molecule is O=C(NCCCc1ccccc1)c1nc2sccn2c1-c1ccncc1.